The normalized spacial score (nSPS) is 11.8. The molecule has 0 heterocycles. The lowest BCUT2D eigenvalue weighted by Gasteiger charge is -2.09. The van der Waals surface area contributed by atoms with Crippen LogP contribution in [0.15, 0.2) is 0 Å². The second-order valence-electron chi connectivity index (χ2n) is 2.29. The van der Waals surface area contributed by atoms with Gasteiger partial charge in [0, 0.05) is 13.2 Å². The van der Waals surface area contributed by atoms with Crippen molar-refractivity contribution in [3.63, 3.8) is 0 Å². The second-order valence-corrected chi connectivity index (χ2v) is 3.74. The third kappa shape index (κ3) is 18.8. The number of carbonyl (C=O) groups excluding carboxylic acids is 1. The molecule has 0 aromatic carbocycles. The molecular weight excluding hydrogens is 236 g/mol. The van der Waals surface area contributed by atoms with Gasteiger partial charge in [0.1, 0.15) is 6.29 Å². The van der Waals surface area contributed by atoms with E-state index in [1.165, 1.54) is 0 Å². The van der Waals surface area contributed by atoms with Crippen molar-refractivity contribution in [2.75, 3.05) is 13.2 Å². The largest absolute Gasteiger partial charge is 0.353 e. The molecule has 0 saturated heterocycles. The van der Waals surface area contributed by atoms with E-state index in [4.69, 9.17) is 9.47 Å². The van der Waals surface area contributed by atoms with Crippen molar-refractivity contribution in [3.8, 4) is 0 Å². The lowest BCUT2D eigenvalue weighted by atomic mass is 10.6. The van der Waals surface area contributed by atoms with Gasteiger partial charge in [0.25, 0.3) is 0 Å². The van der Waals surface area contributed by atoms with Gasteiger partial charge >= 0.3 is 0 Å². The highest BCUT2D eigenvalue weighted by molar-refractivity contribution is 9.09. The molecule has 0 radical (unpaired) electrons. The smallest absolute Gasteiger partial charge is 0.154 e. The van der Waals surface area contributed by atoms with Crippen LogP contribution in [0.4, 0.5) is 0 Å². The molecule has 0 fully saturated rings. The van der Waals surface area contributed by atoms with Crippen molar-refractivity contribution < 1.29 is 14.3 Å². The predicted molar refractivity (Wildman–Crippen MR) is 57.2 cm³/mol. The molecule has 4 heteroatoms. The quantitative estimate of drug-likeness (QED) is 0.430. The SMILES string of the molecule is CC(Br)C=O.CCOC(C)OCC. The Balaban J connectivity index is 0. The van der Waals surface area contributed by atoms with Gasteiger partial charge in [0.15, 0.2) is 6.29 Å². The Kier molecular flexibility index (Phi) is 14.4. The number of carbonyl (C=O) groups is 1. The fourth-order valence-corrected chi connectivity index (χ4v) is 0.518. The van der Waals surface area contributed by atoms with E-state index in [9.17, 15) is 4.79 Å². The lowest BCUT2D eigenvalue weighted by molar-refractivity contribution is -0.123. The summed E-state index contributed by atoms with van der Waals surface area (Å²) >= 11 is 3.01. The maximum absolute atomic E-state index is 9.46. The number of hydrogen-bond acceptors (Lipinski definition) is 3. The van der Waals surface area contributed by atoms with Crippen LogP contribution in [0.25, 0.3) is 0 Å². The molecule has 0 amide bonds. The molecule has 0 aromatic rings. The summed E-state index contributed by atoms with van der Waals surface area (Å²) in [6.45, 7) is 9.02. The lowest BCUT2D eigenvalue weighted by Crippen LogP contribution is -2.11. The third-order valence-electron chi connectivity index (χ3n) is 0.990. The molecule has 0 saturated carbocycles. The molecule has 0 aliphatic rings. The number of halogens is 1. The summed E-state index contributed by atoms with van der Waals surface area (Å²) in [4.78, 5) is 9.47. The fraction of sp³-hybridized carbons (Fsp3) is 0.889. The van der Waals surface area contributed by atoms with E-state index in [0.717, 1.165) is 19.5 Å². The Morgan fingerprint density at radius 3 is 1.69 bits per heavy atom. The van der Waals surface area contributed by atoms with Crippen LogP contribution in [-0.4, -0.2) is 30.6 Å². The zero-order valence-electron chi connectivity index (χ0n) is 8.75. The molecule has 1 atom stereocenters. The van der Waals surface area contributed by atoms with Gasteiger partial charge in [-0.15, -0.1) is 0 Å². The Bertz CT molecular complexity index is 101. The van der Waals surface area contributed by atoms with Crippen molar-refractivity contribution in [1.29, 1.82) is 0 Å². The number of hydrogen-bond donors (Lipinski definition) is 0. The first-order valence-corrected chi connectivity index (χ1v) is 5.32. The number of alkyl halides is 1. The molecule has 0 aromatic heterocycles. The Morgan fingerprint density at radius 2 is 1.54 bits per heavy atom. The number of ether oxygens (including phenoxy) is 2. The Morgan fingerprint density at radius 1 is 1.23 bits per heavy atom. The minimum Gasteiger partial charge on any atom is -0.353 e. The molecule has 13 heavy (non-hydrogen) atoms. The number of aldehydes is 1. The molecular formula is C9H19BrO3. The maximum atomic E-state index is 9.46. The van der Waals surface area contributed by atoms with E-state index in [1.807, 2.05) is 20.8 Å². The van der Waals surface area contributed by atoms with Crippen LogP contribution in [0, 0.1) is 0 Å². The monoisotopic (exact) mass is 254 g/mol. The molecule has 1 unspecified atom stereocenters. The van der Waals surface area contributed by atoms with E-state index in [-0.39, 0.29) is 11.1 Å². The van der Waals surface area contributed by atoms with Crippen molar-refractivity contribution in [1.82, 2.24) is 0 Å². The van der Waals surface area contributed by atoms with Crippen molar-refractivity contribution in [3.05, 3.63) is 0 Å². The molecule has 0 rings (SSSR count). The van der Waals surface area contributed by atoms with Gasteiger partial charge in [0.2, 0.25) is 0 Å². The highest BCUT2D eigenvalue weighted by Gasteiger charge is 1.94. The minimum absolute atomic E-state index is 0.0162. The highest BCUT2D eigenvalue weighted by atomic mass is 79.9. The van der Waals surface area contributed by atoms with Crippen LogP contribution in [0.5, 0.6) is 0 Å². The zero-order valence-corrected chi connectivity index (χ0v) is 10.3. The fourth-order valence-electron chi connectivity index (χ4n) is 0.518. The summed E-state index contributed by atoms with van der Waals surface area (Å²) in [5.41, 5.74) is 0. The van der Waals surface area contributed by atoms with Crippen LogP contribution < -0.4 is 0 Å². The first-order valence-electron chi connectivity index (χ1n) is 4.40. The molecule has 0 N–H and O–H groups in total. The topological polar surface area (TPSA) is 35.5 Å². The van der Waals surface area contributed by atoms with Gasteiger partial charge in [-0.05, 0) is 27.7 Å². The van der Waals surface area contributed by atoms with Crippen LogP contribution in [-0.2, 0) is 14.3 Å². The summed E-state index contributed by atoms with van der Waals surface area (Å²) in [5.74, 6) is 0. The van der Waals surface area contributed by atoms with E-state index >= 15 is 0 Å². The Labute approximate surface area is 88.9 Å². The first kappa shape index (κ1) is 15.5. The molecule has 80 valence electrons. The first-order chi connectivity index (χ1) is 6.08. The van der Waals surface area contributed by atoms with Crippen molar-refractivity contribution in [2.45, 2.75) is 38.8 Å². The number of rotatable bonds is 5. The zero-order chi connectivity index (χ0) is 10.7. The van der Waals surface area contributed by atoms with E-state index in [1.54, 1.807) is 6.92 Å². The average molecular weight is 255 g/mol. The molecule has 0 aliphatic heterocycles. The summed E-state index contributed by atoms with van der Waals surface area (Å²) in [5, 5.41) is 0. The van der Waals surface area contributed by atoms with E-state index < -0.39 is 0 Å². The van der Waals surface area contributed by atoms with Gasteiger partial charge in [-0.1, -0.05) is 15.9 Å². The van der Waals surface area contributed by atoms with Gasteiger partial charge in [-0.25, -0.2) is 0 Å². The van der Waals surface area contributed by atoms with Crippen molar-refractivity contribution in [2.24, 2.45) is 0 Å². The van der Waals surface area contributed by atoms with Crippen LogP contribution in [0.1, 0.15) is 27.7 Å². The highest BCUT2D eigenvalue weighted by Crippen LogP contribution is 1.90. The van der Waals surface area contributed by atoms with Gasteiger partial charge in [0.05, 0.1) is 4.83 Å². The average Bonchev–Trinajstić information content (AvgIpc) is 2.06. The molecule has 0 spiro atoms. The van der Waals surface area contributed by atoms with Crippen LogP contribution in [0.2, 0.25) is 0 Å². The summed E-state index contributed by atoms with van der Waals surface area (Å²) in [6.07, 6.45) is 0.796. The summed E-state index contributed by atoms with van der Waals surface area (Å²) in [7, 11) is 0. The molecule has 0 aliphatic carbocycles. The van der Waals surface area contributed by atoms with Crippen LogP contribution in [0.3, 0.4) is 0 Å². The van der Waals surface area contributed by atoms with Crippen molar-refractivity contribution >= 4 is 22.2 Å². The van der Waals surface area contributed by atoms with Crippen LogP contribution >= 0.6 is 15.9 Å². The standard InChI is InChI=1S/C6H14O2.C3H5BrO/c1-4-7-6(3)8-5-2;1-3(4)2-5/h6H,4-5H2,1-3H3;2-3H,1H3. The van der Waals surface area contributed by atoms with E-state index in [2.05, 4.69) is 15.9 Å². The molecule has 0 bridgehead atoms. The second kappa shape index (κ2) is 12.1. The third-order valence-corrected chi connectivity index (χ3v) is 1.21. The van der Waals surface area contributed by atoms with Gasteiger partial charge < -0.3 is 14.3 Å². The van der Waals surface area contributed by atoms with E-state index in [0.29, 0.717) is 0 Å². The van der Waals surface area contributed by atoms with Gasteiger partial charge in [-0.3, -0.25) is 0 Å². The minimum atomic E-state index is -0.0370. The maximum Gasteiger partial charge on any atom is 0.154 e. The predicted octanol–water partition coefficient (Wildman–Crippen LogP) is 2.37. The Hall–Kier alpha value is 0.0700. The summed E-state index contributed by atoms with van der Waals surface area (Å²) in [6, 6.07) is 0. The summed E-state index contributed by atoms with van der Waals surface area (Å²) < 4.78 is 10.1. The van der Waals surface area contributed by atoms with Gasteiger partial charge in [-0.2, -0.15) is 0 Å². The molecule has 3 nitrogen and oxygen atoms in total.